The van der Waals surface area contributed by atoms with E-state index in [-0.39, 0.29) is 0 Å². The molecule has 76 valence electrons. The molecule has 14 heavy (non-hydrogen) atoms. The van der Waals surface area contributed by atoms with Crippen molar-refractivity contribution < 1.29 is 5.11 Å². The summed E-state index contributed by atoms with van der Waals surface area (Å²) in [6.07, 6.45) is 3.47. The Labute approximate surface area is 93.3 Å². The molecule has 0 amide bonds. The first kappa shape index (κ1) is 10.2. The smallest absolute Gasteiger partial charge is 0.0433 e. The number of benzene rings is 1. The summed E-state index contributed by atoms with van der Waals surface area (Å²) in [5.74, 6) is 1.48. The molecule has 0 aliphatic heterocycles. The van der Waals surface area contributed by atoms with Crippen LogP contribution < -0.4 is 0 Å². The second kappa shape index (κ2) is 4.45. The van der Waals surface area contributed by atoms with Gasteiger partial charge in [0.2, 0.25) is 0 Å². The van der Waals surface area contributed by atoms with Gasteiger partial charge in [-0.05, 0) is 48.8 Å². The van der Waals surface area contributed by atoms with Crippen LogP contribution in [0.4, 0.5) is 0 Å². The molecular weight excluding hydrogens is 240 g/mol. The van der Waals surface area contributed by atoms with Crippen LogP contribution in [0, 0.1) is 5.92 Å². The van der Waals surface area contributed by atoms with Gasteiger partial charge in [-0.15, -0.1) is 0 Å². The van der Waals surface area contributed by atoms with E-state index in [4.69, 9.17) is 5.11 Å². The minimum Gasteiger partial charge on any atom is -0.396 e. The summed E-state index contributed by atoms with van der Waals surface area (Å²) in [6.45, 7) is 0.343. The number of rotatable bonds is 3. The summed E-state index contributed by atoms with van der Waals surface area (Å²) >= 11 is 3.49. The molecule has 0 unspecified atom stereocenters. The van der Waals surface area contributed by atoms with E-state index in [0.717, 1.165) is 18.3 Å². The molecule has 1 fully saturated rings. The monoisotopic (exact) mass is 254 g/mol. The van der Waals surface area contributed by atoms with Crippen LogP contribution in [0.3, 0.4) is 0 Å². The molecule has 1 N–H and O–H groups in total. The van der Waals surface area contributed by atoms with Gasteiger partial charge in [-0.25, -0.2) is 0 Å². The Morgan fingerprint density at radius 1 is 1.36 bits per heavy atom. The van der Waals surface area contributed by atoms with E-state index in [1.807, 2.05) is 0 Å². The first-order chi connectivity index (χ1) is 6.79. The van der Waals surface area contributed by atoms with Crippen LogP contribution in [-0.4, -0.2) is 11.7 Å². The highest BCUT2D eigenvalue weighted by Crippen LogP contribution is 2.43. The number of aliphatic hydroxyl groups excluding tert-OH is 1. The van der Waals surface area contributed by atoms with E-state index in [2.05, 4.69) is 40.2 Å². The Hall–Kier alpha value is -0.340. The van der Waals surface area contributed by atoms with Crippen LogP contribution in [0.1, 0.15) is 30.7 Å². The lowest BCUT2D eigenvalue weighted by Crippen LogP contribution is -2.22. The minimum absolute atomic E-state index is 0.343. The maximum Gasteiger partial charge on any atom is 0.0433 e. The van der Waals surface area contributed by atoms with Crippen LogP contribution >= 0.6 is 15.9 Å². The van der Waals surface area contributed by atoms with Crippen molar-refractivity contribution in [2.24, 2.45) is 5.92 Å². The quantitative estimate of drug-likeness (QED) is 0.878. The lowest BCUT2D eigenvalue weighted by molar-refractivity contribution is 0.186. The van der Waals surface area contributed by atoms with Gasteiger partial charge < -0.3 is 5.11 Å². The van der Waals surface area contributed by atoms with E-state index in [0.29, 0.717) is 6.61 Å². The highest BCUT2D eigenvalue weighted by Gasteiger charge is 2.29. The first-order valence-corrected chi connectivity index (χ1v) is 5.95. The molecule has 1 aromatic carbocycles. The summed E-state index contributed by atoms with van der Waals surface area (Å²) in [5, 5.41) is 8.80. The van der Waals surface area contributed by atoms with Gasteiger partial charge in [-0.2, -0.15) is 0 Å². The zero-order chi connectivity index (χ0) is 9.97. The predicted molar refractivity (Wildman–Crippen MR) is 61.3 cm³/mol. The van der Waals surface area contributed by atoms with Crippen LogP contribution in [0.25, 0.3) is 0 Å². The molecule has 1 aliphatic rings. The average Bonchev–Trinajstić information content (AvgIpc) is 2.10. The van der Waals surface area contributed by atoms with Gasteiger partial charge in [0, 0.05) is 11.1 Å². The van der Waals surface area contributed by atoms with E-state index < -0.39 is 0 Å². The van der Waals surface area contributed by atoms with Crippen molar-refractivity contribution in [2.75, 3.05) is 6.61 Å². The van der Waals surface area contributed by atoms with Crippen molar-refractivity contribution in [3.05, 3.63) is 34.3 Å². The molecule has 0 spiro atoms. The summed E-state index contributed by atoms with van der Waals surface area (Å²) in [4.78, 5) is 0. The molecule has 1 saturated carbocycles. The van der Waals surface area contributed by atoms with Crippen molar-refractivity contribution in [1.82, 2.24) is 0 Å². The third kappa shape index (κ3) is 2.18. The van der Waals surface area contributed by atoms with E-state index in [9.17, 15) is 0 Å². The lowest BCUT2D eigenvalue weighted by Gasteiger charge is -2.35. The molecule has 0 heterocycles. The van der Waals surface area contributed by atoms with Crippen LogP contribution in [0.5, 0.6) is 0 Å². The van der Waals surface area contributed by atoms with Gasteiger partial charge in [0.25, 0.3) is 0 Å². The number of hydrogen-bond acceptors (Lipinski definition) is 1. The fourth-order valence-electron chi connectivity index (χ4n) is 2.19. The number of hydrogen-bond donors (Lipinski definition) is 1. The van der Waals surface area contributed by atoms with Gasteiger partial charge in [0.05, 0.1) is 0 Å². The summed E-state index contributed by atoms with van der Waals surface area (Å²) in [6, 6.07) is 8.57. The third-order valence-electron chi connectivity index (χ3n) is 3.09. The molecule has 0 bridgehead atoms. The predicted octanol–water partition coefficient (Wildman–Crippen LogP) is 3.33. The standard InChI is InChI=1S/C12H15BrO/c13-12-3-1-2-10(8-12)11-6-9(7-11)4-5-14/h1-3,8-9,11,14H,4-7H2. The summed E-state index contributed by atoms with van der Waals surface area (Å²) < 4.78 is 1.17. The molecular formula is C12H15BrO. The summed E-state index contributed by atoms with van der Waals surface area (Å²) in [5.41, 5.74) is 1.44. The van der Waals surface area contributed by atoms with E-state index >= 15 is 0 Å². The molecule has 1 aromatic rings. The van der Waals surface area contributed by atoms with Crippen LogP contribution in [-0.2, 0) is 0 Å². The largest absolute Gasteiger partial charge is 0.396 e. The second-order valence-corrected chi connectivity index (χ2v) is 5.02. The van der Waals surface area contributed by atoms with Gasteiger partial charge in [-0.1, -0.05) is 28.1 Å². The Morgan fingerprint density at radius 3 is 2.79 bits per heavy atom. The summed E-state index contributed by atoms with van der Waals surface area (Å²) in [7, 11) is 0. The molecule has 0 atom stereocenters. The zero-order valence-corrected chi connectivity index (χ0v) is 9.70. The Morgan fingerprint density at radius 2 is 2.14 bits per heavy atom. The Kier molecular flexibility index (Phi) is 3.24. The van der Waals surface area contributed by atoms with Crippen LogP contribution in [0.2, 0.25) is 0 Å². The average molecular weight is 255 g/mol. The van der Waals surface area contributed by atoms with Crippen molar-refractivity contribution in [1.29, 1.82) is 0 Å². The lowest BCUT2D eigenvalue weighted by atomic mass is 9.70. The molecule has 2 rings (SSSR count). The van der Waals surface area contributed by atoms with E-state index in [1.54, 1.807) is 0 Å². The van der Waals surface area contributed by atoms with Crippen molar-refractivity contribution in [3.8, 4) is 0 Å². The second-order valence-electron chi connectivity index (χ2n) is 4.10. The Bertz CT molecular complexity index is 305. The number of halogens is 1. The fraction of sp³-hybridized carbons (Fsp3) is 0.500. The van der Waals surface area contributed by atoms with Gasteiger partial charge in [0.15, 0.2) is 0 Å². The van der Waals surface area contributed by atoms with Crippen molar-refractivity contribution >= 4 is 15.9 Å². The fourth-order valence-corrected chi connectivity index (χ4v) is 2.60. The molecule has 1 nitrogen and oxygen atoms in total. The highest BCUT2D eigenvalue weighted by molar-refractivity contribution is 9.10. The first-order valence-electron chi connectivity index (χ1n) is 5.16. The normalized spacial score (nSPS) is 25.9. The molecule has 0 aromatic heterocycles. The Balaban J connectivity index is 1.93. The number of aliphatic hydroxyl groups is 1. The van der Waals surface area contributed by atoms with E-state index in [1.165, 1.54) is 22.9 Å². The SMILES string of the molecule is OCCC1CC(c2cccc(Br)c2)C1. The van der Waals surface area contributed by atoms with Gasteiger partial charge in [0.1, 0.15) is 0 Å². The third-order valence-corrected chi connectivity index (χ3v) is 3.59. The maximum atomic E-state index is 8.80. The molecule has 1 aliphatic carbocycles. The highest BCUT2D eigenvalue weighted by atomic mass is 79.9. The zero-order valence-electron chi connectivity index (χ0n) is 8.12. The minimum atomic E-state index is 0.343. The topological polar surface area (TPSA) is 20.2 Å². The molecule has 0 saturated heterocycles. The molecule has 2 heteroatoms. The van der Waals surface area contributed by atoms with Crippen LogP contribution in [0.15, 0.2) is 28.7 Å². The maximum absolute atomic E-state index is 8.80. The van der Waals surface area contributed by atoms with Crippen molar-refractivity contribution in [2.45, 2.75) is 25.2 Å². The molecule has 0 radical (unpaired) electrons. The van der Waals surface area contributed by atoms with Crippen molar-refractivity contribution in [3.63, 3.8) is 0 Å². The van der Waals surface area contributed by atoms with Gasteiger partial charge >= 0.3 is 0 Å². The van der Waals surface area contributed by atoms with Gasteiger partial charge in [-0.3, -0.25) is 0 Å².